The lowest BCUT2D eigenvalue weighted by molar-refractivity contribution is -0.122. The second-order valence-electron chi connectivity index (χ2n) is 6.52. The number of nitrogens with one attached hydrogen (secondary N) is 2. The molecule has 2 amide bonds. The highest BCUT2D eigenvalue weighted by Crippen LogP contribution is 2.07. The van der Waals surface area contributed by atoms with E-state index < -0.39 is 0 Å². The molecule has 0 aliphatic rings. The maximum Gasteiger partial charge on any atom is 0.220 e. The molecule has 21 heavy (non-hydrogen) atoms. The first kappa shape index (κ1) is 19.9. The van der Waals surface area contributed by atoms with Crippen LogP contribution in [-0.4, -0.2) is 24.4 Å². The molecule has 0 fully saturated rings. The Morgan fingerprint density at radius 1 is 0.810 bits per heavy atom. The van der Waals surface area contributed by atoms with Gasteiger partial charge in [0.25, 0.3) is 0 Å². The average Bonchev–Trinajstić information content (AvgIpc) is 2.37. The fourth-order valence-corrected chi connectivity index (χ4v) is 2.14. The minimum Gasteiger partial charge on any atom is -0.356 e. The zero-order valence-corrected chi connectivity index (χ0v) is 14.3. The Kier molecular flexibility index (Phi) is 12.0. The Balaban J connectivity index is 3.34. The monoisotopic (exact) mass is 298 g/mol. The number of unbranched alkanes of at least 4 members (excludes halogenated alkanes) is 3. The lowest BCUT2D eigenvalue weighted by Crippen LogP contribution is -2.29. The van der Waals surface area contributed by atoms with Gasteiger partial charge in [-0.15, -0.1) is 0 Å². The van der Waals surface area contributed by atoms with Crippen molar-refractivity contribution in [2.75, 3.05) is 6.54 Å². The summed E-state index contributed by atoms with van der Waals surface area (Å²) in [6.07, 6.45) is 7.38. The van der Waals surface area contributed by atoms with Gasteiger partial charge in [0.05, 0.1) is 0 Å². The van der Waals surface area contributed by atoms with Gasteiger partial charge in [0.2, 0.25) is 11.8 Å². The number of carbonyl (C=O) groups is 2. The van der Waals surface area contributed by atoms with E-state index >= 15 is 0 Å². The topological polar surface area (TPSA) is 58.2 Å². The summed E-state index contributed by atoms with van der Waals surface area (Å²) in [6.45, 7) is 9.08. The van der Waals surface area contributed by atoms with Crippen molar-refractivity contribution in [2.45, 2.75) is 85.1 Å². The Morgan fingerprint density at radius 2 is 1.43 bits per heavy atom. The van der Waals surface area contributed by atoms with Crippen molar-refractivity contribution in [3.63, 3.8) is 0 Å². The van der Waals surface area contributed by atoms with Gasteiger partial charge < -0.3 is 10.6 Å². The highest BCUT2D eigenvalue weighted by atomic mass is 16.2. The molecule has 0 atom stereocenters. The predicted molar refractivity (Wildman–Crippen MR) is 88.1 cm³/mol. The van der Waals surface area contributed by atoms with Crippen LogP contribution in [0.4, 0.5) is 0 Å². The molecule has 0 bridgehead atoms. The maximum atomic E-state index is 11.6. The smallest absolute Gasteiger partial charge is 0.220 e. The quantitative estimate of drug-likeness (QED) is 0.542. The average molecular weight is 298 g/mol. The van der Waals surface area contributed by atoms with E-state index in [-0.39, 0.29) is 17.9 Å². The normalized spacial score (nSPS) is 11.0. The first-order chi connectivity index (χ1) is 9.91. The summed E-state index contributed by atoms with van der Waals surface area (Å²) >= 11 is 0. The third-order valence-corrected chi connectivity index (χ3v) is 3.29. The molecule has 0 aliphatic heterocycles. The molecule has 0 aliphatic carbocycles. The zero-order valence-electron chi connectivity index (χ0n) is 14.3. The fraction of sp³-hybridized carbons (Fsp3) is 0.882. The van der Waals surface area contributed by atoms with Crippen molar-refractivity contribution in [3.8, 4) is 0 Å². The van der Waals surface area contributed by atoms with E-state index in [0.717, 1.165) is 44.6 Å². The number of amides is 2. The Hall–Kier alpha value is -1.06. The molecular formula is C17H34N2O2. The van der Waals surface area contributed by atoms with E-state index in [0.29, 0.717) is 12.8 Å². The Labute approximate surface area is 130 Å². The van der Waals surface area contributed by atoms with Crippen molar-refractivity contribution in [1.29, 1.82) is 0 Å². The molecule has 2 N–H and O–H groups in total. The van der Waals surface area contributed by atoms with E-state index in [1.807, 2.05) is 13.8 Å². The fourth-order valence-electron chi connectivity index (χ4n) is 2.14. The van der Waals surface area contributed by atoms with Gasteiger partial charge in [-0.05, 0) is 39.0 Å². The third-order valence-electron chi connectivity index (χ3n) is 3.29. The largest absolute Gasteiger partial charge is 0.356 e. The molecule has 4 heteroatoms. The van der Waals surface area contributed by atoms with Crippen LogP contribution in [-0.2, 0) is 9.59 Å². The second-order valence-corrected chi connectivity index (χ2v) is 6.52. The van der Waals surface area contributed by atoms with E-state index in [9.17, 15) is 9.59 Å². The molecule has 0 saturated carbocycles. The predicted octanol–water partition coefficient (Wildman–Crippen LogP) is 3.40. The molecule has 0 spiro atoms. The summed E-state index contributed by atoms with van der Waals surface area (Å²) < 4.78 is 0. The molecule has 0 unspecified atom stereocenters. The Morgan fingerprint density at radius 3 is 2.05 bits per heavy atom. The van der Waals surface area contributed by atoms with E-state index in [1.165, 1.54) is 6.42 Å². The summed E-state index contributed by atoms with van der Waals surface area (Å²) in [5.74, 6) is 1.01. The molecule has 0 saturated heterocycles. The van der Waals surface area contributed by atoms with Crippen LogP contribution in [0.2, 0.25) is 0 Å². The molecule has 0 aromatic rings. The second kappa shape index (κ2) is 12.7. The summed E-state index contributed by atoms with van der Waals surface area (Å²) in [5.41, 5.74) is 0. The van der Waals surface area contributed by atoms with Gasteiger partial charge in [0, 0.05) is 25.4 Å². The standard InChI is InChI=1S/C17H34N2O2/c1-14(2)10-7-8-11-16(20)18-13-9-5-6-12-17(21)19-15(3)4/h14-15H,5-13H2,1-4H3,(H,18,20)(H,19,21). The van der Waals surface area contributed by atoms with Crippen LogP contribution in [0.3, 0.4) is 0 Å². The number of hydrogen-bond donors (Lipinski definition) is 2. The summed E-state index contributed by atoms with van der Waals surface area (Å²) in [5, 5.41) is 5.83. The van der Waals surface area contributed by atoms with Crippen LogP contribution in [0.25, 0.3) is 0 Å². The molecular weight excluding hydrogens is 264 g/mol. The van der Waals surface area contributed by atoms with E-state index in [4.69, 9.17) is 0 Å². The van der Waals surface area contributed by atoms with Crippen molar-refractivity contribution in [3.05, 3.63) is 0 Å². The number of rotatable bonds is 12. The third kappa shape index (κ3) is 15.2. The van der Waals surface area contributed by atoms with E-state index in [2.05, 4.69) is 24.5 Å². The van der Waals surface area contributed by atoms with Gasteiger partial charge in [-0.25, -0.2) is 0 Å². The highest BCUT2D eigenvalue weighted by molar-refractivity contribution is 5.76. The summed E-state index contributed by atoms with van der Waals surface area (Å²) in [4.78, 5) is 23.0. The summed E-state index contributed by atoms with van der Waals surface area (Å²) in [7, 11) is 0. The van der Waals surface area contributed by atoms with Crippen LogP contribution in [0.1, 0.15) is 79.1 Å². The summed E-state index contributed by atoms with van der Waals surface area (Å²) in [6, 6.07) is 0.215. The van der Waals surface area contributed by atoms with Crippen LogP contribution < -0.4 is 10.6 Å². The van der Waals surface area contributed by atoms with Crippen molar-refractivity contribution >= 4 is 11.8 Å². The molecule has 4 nitrogen and oxygen atoms in total. The van der Waals surface area contributed by atoms with Crippen LogP contribution in [0, 0.1) is 5.92 Å². The molecule has 0 rings (SSSR count). The minimum atomic E-state index is 0.124. The highest BCUT2D eigenvalue weighted by Gasteiger charge is 2.03. The van der Waals surface area contributed by atoms with Crippen LogP contribution >= 0.6 is 0 Å². The lowest BCUT2D eigenvalue weighted by atomic mass is 10.1. The first-order valence-corrected chi connectivity index (χ1v) is 8.48. The van der Waals surface area contributed by atoms with Crippen LogP contribution in [0.5, 0.6) is 0 Å². The molecule has 124 valence electrons. The van der Waals surface area contributed by atoms with Gasteiger partial charge in [-0.3, -0.25) is 9.59 Å². The zero-order chi connectivity index (χ0) is 16.1. The molecule has 0 heterocycles. The van der Waals surface area contributed by atoms with Gasteiger partial charge in [-0.2, -0.15) is 0 Å². The molecule has 0 aromatic carbocycles. The number of carbonyl (C=O) groups excluding carboxylic acids is 2. The van der Waals surface area contributed by atoms with Gasteiger partial charge in [-0.1, -0.05) is 33.1 Å². The Bertz CT molecular complexity index is 289. The number of hydrogen-bond acceptors (Lipinski definition) is 2. The van der Waals surface area contributed by atoms with Crippen molar-refractivity contribution in [2.24, 2.45) is 5.92 Å². The first-order valence-electron chi connectivity index (χ1n) is 8.48. The van der Waals surface area contributed by atoms with Gasteiger partial charge >= 0.3 is 0 Å². The minimum absolute atomic E-state index is 0.124. The van der Waals surface area contributed by atoms with Crippen molar-refractivity contribution in [1.82, 2.24) is 10.6 Å². The van der Waals surface area contributed by atoms with Gasteiger partial charge in [0.15, 0.2) is 0 Å². The SMILES string of the molecule is CC(C)CCCCC(=O)NCCCCCC(=O)NC(C)C. The molecule has 0 aromatic heterocycles. The van der Waals surface area contributed by atoms with Gasteiger partial charge in [0.1, 0.15) is 0 Å². The van der Waals surface area contributed by atoms with Crippen LogP contribution in [0.15, 0.2) is 0 Å². The molecule has 0 radical (unpaired) electrons. The maximum absolute atomic E-state index is 11.6. The lowest BCUT2D eigenvalue weighted by Gasteiger charge is -2.08. The van der Waals surface area contributed by atoms with Crippen molar-refractivity contribution < 1.29 is 9.59 Å². The van der Waals surface area contributed by atoms with E-state index in [1.54, 1.807) is 0 Å².